The van der Waals surface area contributed by atoms with Gasteiger partial charge >= 0.3 is 12.1 Å². The lowest BCUT2D eigenvalue weighted by Crippen LogP contribution is -2.25. The Balaban J connectivity index is 1.78. The third-order valence-corrected chi connectivity index (χ3v) is 4.20. The van der Waals surface area contributed by atoms with E-state index in [-0.39, 0.29) is 12.6 Å². The molecule has 0 saturated carbocycles. The van der Waals surface area contributed by atoms with Gasteiger partial charge in [0.05, 0.1) is 0 Å². The third kappa shape index (κ3) is 9.41. The molecule has 2 rings (SSSR count). The Morgan fingerprint density at radius 2 is 1.57 bits per heavy atom. The first kappa shape index (κ1) is 23.2. The number of nitrogens with one attached hydrogen (secondary N) is 1. The SMILES string of the molecule is CC(C)(C)OC(=O)/C=C(/CCCCNC(=O)OCc1ccccc1)c1ccccc1. The van der Waals surface area contributed by atoms with E-state index in [1.165, 1.54) is 0 Å². The zero-order valence-electron chi connectivity index (χ0n) is 18.0. The second-order valence-electron chi connectivity index (χ2n) is 8.01. The molecule has 0 aliphatic heterocycles. The van der Waals surface area contributed by atoms with Crippen LogP contribution in [0.5, 0.6) is 0 Å². The van der Waals surface area contributed by atoms with Gasteiger partial charge in [-0.3, -0.25) is 0 Å². The molecule has 0 saturated heterocycles. The lowest BCUT2D eigenvalue weighted by atomic mass is 9.99. The number of amides is 1. The van der Waals surface area contributed by atoms with Crippen molar-refractivity contribution in [3.05, 3.63) is 77.9 Å². The fourth-order valence-electron chi connectivity index (χ4n) is 2.83. The number of alkyl carbamates (subject to hydrolysis) is 1. The van der Waals surface area contributed by atoms with Crippen molar-refractivity contribution in [3.63, 3.8) is 0 Å². The van der Waals surface area contributed by atoms with Gasteiger partial charge in [-0.05, 0) is 56.7 Å². The number of esters is 1. The molecule has 0 aliphatic rings. The third-order valence-electron chi connectivity index (χ3n) is 4.20. The number of allylic oxidation sites excluding steroid dienone is 1. The summed E-state index contributed by atoms with van der Waals surface area (Å²) in [6.45, 7) is 6.32. The van der Waals surface area contributed by atoms with Gasteiger partial charge in [-0.15, -0.1) is 0 Å². The molecule has 0 atom stereocenters. The molecule has 2 aromatic carbocycles. The fraction of sp³-hybridized carbons (Fsp3) is 0.360. The fourth-order valence-corrected chi connectivity index (χ4v) is 2.83. The van der Waals surface area contributed by atoms with Crippen molar-refractivity contribution in [2.45, 2.75) is 52.2 Å². The van der Waals surface area contributed by atoms with Crippen LogP contribution in [0.15, 0.2) is 66.7 Å². The van der Waals surface area contributed by atoms with E-state index in [0.717, 1.165) is 29.5 Å². The molecule has 0 fully saturated rings. The van der Waals surface area contributed by atoms with Gasteiger partial charge < -0.3 is 14.8 Å². The minimum Gasteiger partial charge on any atom is -0.457 e. The van der Waals surface area contributed by atoms with Crippen molar-refractivity contribution in [3.8, 4) is 0 Å². The molecule has 0 aliphatic carbocycles. The largest absolute Gasteiger partial charge is 0.457 e. The van der Waals surface area contributed by atoms with Gasteiger partial charge in [-0.1, -0.05) is 60.7 Å². The Hall–Kier alpha value is -3.08. The topological polar surface area (TPSA) is 64.6 Å². The number of hydrogen-bond donors (Lipinski definition) is 1. The van der Waals surface area contributed by atoms with Crippen LogP contribution in [-0.2, 0) is 20.9 Å². The van der Waals surface area contributed by atoms with Crippen molar-refractivity contribution >= 4 is 17.6 Å². The highest BCUT2D eigenvalue weighted by molar-refractivity contribution is 5.91. The van der Waals surface area contributed by atoms with Crippen LogP contribution in [0, 0.1) is 0 Å². The maximum absolute atomic E-state index is 12.2. The molecule has 160 valence electrons. The molecular formula is C25H31NO4. The second kappa shape index (κ2) is 11.8. The molecule has 5 nitrogen and oxygen atoms in total. The smallest absolute Gasteiger partial charge is 0.407 e. The molecule has 0 unspecified atom stereocenters. The summed E-state index contributed by atoms with van der Waals surface area (Å²) in [5.74, 6) is -0.344. The standard InChI is InChI=1S/C25H31NO4/c1-25(2,3)30-23(27)18-22(21-14-8-5-9-15-21)16-10-11-17-26-24(28)29-19-20-12-6-4-7-13-20/h4-9,12-15,18H,10-11,16-17,19H2,1-3H3,(H,26,28)/b22-18-. The minimum absolute atomic E-state index is 0.253. The maximum atomic E-state index is 12.2. The summed E-state index contributed by atoms with van der Waals surface area (Å²) < 4.78 is 10.6. The lowest BCUT2D eigenvalue weighted by Gasteiger charge is -2.18. The maximum Gasteiger partial charge on any atom is 0.407 e. The molecule has 2 aromatic rings. The highest BCUT2D eigenvalue weighted by atomic mass is 16.6. The van der Waals surface area contributed by atoms with Crippen LogP contribution in [-0.4, -0.2) is 24.2 Å². The molecule has 1 amide bonds. The van der Waals surface area contributed by atoms with Gasteiger partial charge in [-0.2, -0.15) is 0 Å². The van der Waals surface area contributed by atoms with Crippen LogP contribution in [0.2, 0.25) is 0 Å². The Morgan fingerprint density at radius 1 is 0.933 bits per heavy atom. The van der Waals surface area contributed by atoms with E-state index in [2.05, 4.69) is 5.32 Å². The Kier molecular flexibility index (Phi) is 9.13. The molecule has 1 N–H and O–H groups in total. The van der Waals surface area contributed by atoms with E-state index in [4.69, 9.17) is 9.47 Å². The summed E-state index contributed by atoms with van der Waals surface area (Å²) in [6, 6.07) is 19.4. The summed E-state index contributed by atoms with van der Waals surface area (Å²) in [5.41, 5.74) is 2.35. The average molecular weight is 410 g/mol. The highest BCUT2D eigenvalue weighted by Crippen LogP contribution is 2.21. The van der Waals surface area contributed by atoms with Crippen LogP contribution in [0.4, 0.5) is 4.79 Å². The normalized spacial score (nSPS) is 11.6. The van der Waals surface area contributed by atoms with E-state index in [0.29, 0.717) is 13.0 Å². The summed E-state index contributed by atoms with van der Waals surface area (Å²) in [5, 5.41) is 2.77. The van der Waals surface area contributed by atoms with Crippen molar-refractivity contribution in [2.75, 3.05) is 6.54 Å². The summed E-state index contributed by atoms with van der Waals surface area (Å²) >= 11 is 0. The van der Waals surface area contributed by atoms with Gasteiger partial charge in [0.1, 0.15) is 12.2 Å². The van der Waals surface area contributed by atoms with E-state index in [1.807, 2.05) is 81.4 Å². The molecule has 0 bridgehead atoms. The number of hydrogen-bond acceptors (Lipinski definition) is 4. The molecule has 5 heteroatoms. The van der Waals surface area contributed by atoms with Gasteiger partial charge in [0.2, 0.25) is 0 Å². The number of benzene rings is 2. The van der Waals surface area contributed by atoms with Crippen molar-refractivity contribution < 1.29 is 19.1 Å². The van der Waals surface area contributed by atoms with Crippen LogP contribution in [0.3, 0.4) is 0 Å². The van der Waals surface area contributed by atoms with Crippen molar-refractivity contribution in [2.24, 2.45) is 0 Å². The van der Waals surface area contributed by atoms with Gasteiger partial charge in [0.25, 0.3) is 0 Å². The number of carbonyl (C=O) groups excluding carboxylic acids is 2. The van der Waals surface area contributed by atoms with Gasteiger partial charge in [0.15, 0.2) is 0 Å². The summed E-state index contributed by atoms with van der Waals surface area (Å²) in [6.07, 6.45) is 3.46. The summed E-state index contributed by atoms with van der Waals surface area (Å²) in [4.78, 5) is 24.0. The quantitative estimate of drug-likeness (QED) is 0.337. The number of unbranched alkanes of at least 4 members (excludes halogenated alkanes) is 1. The minimum atomic E-state index is -0.528. The van der Waals surface area contributed by atoms with Crippen LogP contribution in [0.1, 0.15) is 51.2 Å². The summed E-state index contributed by atoms with van der Waals surface area (Å²) in [7, 11) is 0. The number of rotatable bonds is 9. The highest BCUT2D eigenvalue weighted by Gasteiger charge is 2.15. The van der Waals surface area contributed by atoms with E-state index < -0.39 is 11.7 Å². The number of carbonyl (C=O) groups is 2. The monoisotopic (exact) mass is 409 g/mol. The molecular weight excluding hydrogens is 378 g/mol. The van der Waals surface area contributed by atoms with Crippen LogP contribution < -0.4 is 5.32 Å². The zero-order valence-corrected chi connectivity index (χ0v) is 18.0. The molecule has 0 aromatic heterocycles. The second-order valence-corrected chi connectivity index (χ2v) is 8.01. The van der Waals surface area contributed by atoms with Crippen molar-refractivity contribution in [1.82, 2.24) is 5.32 Å². The lowest BCUT2D eigenvalue weighted by molar-refractivity contribution is -0.148. The van der Waals surface area contributed by atoms with Crippen LogP contribution >= 0.6 is 0 Å². The van der Waals surface area contributed by atoms with E-state index >= 15 is 0 Å². The predicted molar refractivity (Wildman–Crippen MR) is 119 cm³/mol. The Labute approximate surface area is 179 Å². The molecule has 0 heterocycles. The first-order chi connectivity index (χ1) is 14.3. The Morgan fingerprint density at radius 3 is 2.20 bits per heavy atom. The Bertz CT molecular complexity index is 823. The van der Waals surface area contributed by atoms with Gasteiger partial charge in [0, 0.05) is 12.6 Å². The van der Waals surface area contributed by atoms with Crippen molar-refractivity contribution in [1.29, 1.82) is 0 Å². The average Bonchev–Trinajstić information content (AvgIpc) is 2.71. The van der Waals surface area contributed by atoms with E-state index in [1.54, 1.807) is 6.08 Å². The first-order valence-corrected chi connectivity index (χ1v) is 10.3. The van der Waals surface area contributed by atoms with Gasteiger partial charge in [-0.25, -0.2) is 9.59 Å². The van der Waals surface area contributed by atoms with Crippen LogP contribution in [0.25, 0.3) is 5.57 Å². The zero-order chi connectivity index (χ0) is 21.8. The van der Waals surface area contributed by atoms with E-state index in [9.17, 15) is 9.59 Å². The molecule has 30 heavy (non-hydrogen) atoms. The molecule has 0 radical (unpaired) electrons. The first-order valence-electron chi connectivity index (χ1n) is 10.3. The predicted octanol–water partition coefficient (Wildman–Crippen LogP) is 5.51. The molecule has 0 spiro atoms. The number of ether oxygens (including phenoxy) is 2.